The van der Waals surface area contributed by atoms with Gasteiger partial charge in [0.2, 0.25) is 0 Å². The van der Waals surface area contributed by atoms with Crippen molar-refractivity contribution in [3.63, 3.8) is 0 Å². The van der Waals surface area contributed by atoms with Gasteiger partial charge in [-0.2, -0.15) is 0 Å². The van der Waals surface area contributed by atoms with Gasteiger partial charge in [0.05, 0.1) is 12.7 Å². The monoisotopic (exact) mass is 333 g/mol. The van der Waals surface area contributed by atoms with Crippen LogP contribution in [0.25, 0.3) is 10.8 Å². The Hall–Kier alpha value is -2.36. The van der Waals surface area contributed by atoms with E-state index in [9.17, 15) is 5.11 Å². The smallest absolute Gasteiger partial charge is 0.115 e. The van der Waals surface area contributed by atoms with Crippen LogP contribution in [0.3, 0.4) is 0 Å². The largest absolute Gasteiger partial charge is 0.508 e. The molecule has 25 heavy (non-hydrogen) atoms. The van der Waals surface area contributed by atoms with E-state index >= 15 is 0 Å². The standard InChI is InChI=1S/C22H23NO2/c24-20-9-7-18(8-10-20)21-11-12-23-14-22(21)25-15-16-5-6-17-3-1-2-4-19(17)13-16/h1-10,13,21-24H,11-12,14-15H2. The lowest BCUT2D eigenvalue weighted by atomic mass is 9.87. The zero-order chi connectivity index (χ0) is 17.1. The second-order valence-electron chi connectivity index (χ2n) is 6.72. The average molecular weight is 333 g/mol. The Morgan fingerprint density at radius 1 is 0.960 bits per heavy atom. The molecule has 0 aromatic heterocycles. The Morgan fingerprint density at radius 2 is 1.76 bits per heavy atom. The fraction of sp³-hybridized carbons (Fsp3) is 0.273. The lowest BCUT2D eigenvalue weighted by molar-refractivity contribution is 0.0106. The van der Waals surface area contributed by atoms with Crippen molar-refractivity contribution in [2.24, 2.45) is 0 Å². The highest BCUT2D eigenvalue weighted by Crippen LogP contribution is 2.29. The highest BCUT2D eigenvalue weighted by Gasteiger charge is 2.27. The minimum absolute atomic E-state index is 0.143. The summed E-state index contributed by atoms with van der Waals surface area (Å²) < 4.78 is 6.29. The molecule has 1 saturated heterocycles. The van der Waals surface area contributed by atoms with Gasteiger partial charge < -0.3 is 15.2 Å². The van der Waals surface area contributed by atoms with Crippen molar-refractivity contribution in [1.29, 1.82) is 0 Å². The van der Waals surface area contributed by atoms with E-state index in [4.69, 9.17) is 4.74 Å². The summed E-state index contributed by atoms with van der Waals surface area (Å²) in [6.45, 7) is 2.48. The molecule has 0 aliphatic carbocycles. The molecule has 2 N–H and O–H groups in total. The van der Waals surface area contributed by atoms with Crippen LogP contribution in [0.2, 0.25) is 0 Å². The van der Waals surface area contributed by atoms with Gasteiger partial charge in [0.25, 0.3) is 0 Å². The van der Waals surface area contributed by atoms with E-state index in [2.05, 4.69) is 47.8 Å². The van der Waals surface area contributed by atoms with Crippen molar-refractivity contribution in [2.75, 3.05) is 13.1 Å². The van der Waals surface area contributed by atoms with E-state index in [1.54, 1.807) is 12.1 Å². The van der Waals surface area contributed by atoms with E-state index in [1.165, 1.54) is 21.9 Å². The first-order chi connectivity index (χ1) is 12.3. The van der Waals surface area contributed by atoms with Gasteiger partial charge in [0.1, 0.15) is 5.75 Å². The van der Waals surface area contributed by atoms with E-state index in [1.807, 2.05) is 12.1 Å². The summed E-state index contributed by atoms with van der Waals surface area (Å²) in [6.07, 6.45) is 1.19. The van der Waals surface area contributed by atoms with Gasteiger partial charge in [-0.1, -0.05) is 48.5 Å². The number of hydrogen-bond acceptors (Lipinski definition) is 3. The van der Waals surface area contributed by atoms with Crippen molar-refractivity contribution in [3.8, 4) is 5.75 Å². The Bertz CT molecular complexity index is 844. The average Bonchev–Trinajstić information content (AvgIpc) is 2.67. The van der Waals surface area contributed by atoms with Gasteiger partial charge >= 0.3 is 0 Å². The highest BCUT2D eigenvalue weighted by atomic mass is 16.5. The third kappa shape index (κ3) is 3.68. The summed E-state index contributed by atoms with van der Waals surface area (Å²) in [6, 6.07) is 22.5. The van der Waals surface area contributed by atoms with E-state index in [-0.39, 0.29) is 6.10 Å². The van der Waals surface area contributed by atoms with Crippen LogP contribution in [0, 0.1) is 0 Å². The number of ether oxygens (including phenoxy) is 1. The van der Waals surface area contributed by atoms with Gasteiger partial charge in [0.15, 0.2) is 0 Å². The molecule has 0 spiro atoms. The first-order valence-corrected chi connectivity index (χ1v) is 8.88. The number of rotatable bonds is 4. The van der Waals surface area contributed by atoms with Crippen LogP contribution < -0.4 is 5.32 Å². The minimum atomic E-state index is 0.143. The second-order valence-corrected chi connectivity index (χ2v) is 6.72. The van der Waals surface area contributed by atoms with Gasteiger partial charge in [-0.15, -0.1) is 0 Å². The molecule has 3 aromatic carbocycles. The summed E-state index contributed by atoms with van der Waals surface area (Å²) >= 11 is 0. The number of phenols is 1. The van der Waals surface area contributed by atoms with Crippen LogP contribution in [0.4, 0.5) is 0 Å². The Labute approximate surface area is 148 Å². The fourth-order valence-electron chi connectivity index (χ4n) is 3.64. The summed E-state index contributed by atoms with van der Waals surface area (Å²) in [5.41, 5.74) is 2.44. The Kier molecular flexibility index (Phi) is 4.68. The van der Waals surface area contributed by atoms with Crippen molar-refractivity contribution < 1.29 is 9.84 Å². The number of benzene rings is 3. The number of fused-ring (bicyclic) bond motifs is 1. The maximum atomic E-state index is 9.52. The van der Waals surface area contributed by atoms with Gasteiger partial charge in [-0.05, 0) is 53.1 Å². The van der Waals surface area contributed by atoms with Crippen LogP contribution in [0.1, 0.15) is 23.5 Å². The van der Waals surface area contributed by atoms with Crippen molar-refractivity contribution in [1.82, 2.24) is 5.32 Å². The van der Waals surface area contributed by atoms with Gasteiger partial charge in [-0.25, -0.2) is 0 Å². The molecular formula is C22H23NO2. The maximum absolute atomic E-state index is 9.52. The lowest BCUT2D eigenvalue weighted by Crippen LogP contribution is -2.40. The van der Waals surface area contributed by atoms with Crippen LogP contribution >= 0.6 is 0 Å². The second kappa shape index (κ2) is 7.26. The summed E-state index contributed by atoms with van der Waals surface area (Å²) in [4.78, 5) is 0. The molecule has 3 heteroatoms. The molecule has 3 nitrogen and oxygen atoms in total. The predicted octanol–water partition coefficient (Wildman–Crippen LogP) is 4.21. The van der Waals surface area contributed by atoms with E-state index in [0.29, 0.717) is 18.3 Å². The molecule has 1 heterocycles. The van der Waals surface area contributed by atoms with E-state index in [0.717, 1.165) is 19.5 Å². The number of aromatic hydroxyl groups is 1. The summed E-state index contributed by atoms with van der Waals surface area (Å²) in [5.74, 6) is 0.675. The van der Waals surface area contributed by atoms with Gasteiger partial charge in [-0.3, -0.25) is 0 Å². The zero-order valence-electron chi connectivity index (χ0n) is 14.2. The number of hydrogen-bond donors (Lipinski definition) is 2. The SMILES string of the molecule is Oc1ccc(C2CCNCC2OCc2ccc3ccccc3c2)cc1. The third-order valence-electron chi connectivity index (χ3n) is 5.03. The lowest BCUT2D eigenvalue weighted by Gasteiger charge is -2.32. The van der Waals surface area contributed by atoms with Crippen molar-refractivity contribution in [2.45, 2.75) is 25.0 Å². The number of phenolic OH excluding ortho intramolecular Hbond substituents is 1. The quantitative estimate of drug-likeness (QED) is 0.751. The van der Waals surface area contributed by atoms with Crippen LogP contribution in [0.15, 0.2) is 66.7 Å². The molecular weight excluding hydrogens is 310 g/mol. The molecule has 1 aliphatic rings. The fourth-order valence-corrected chi connectivity index (χ4v) is 3.64. The van der Waals surface area contributed by atoms with Crippen LogP contribution in [-0.4, -0.2) is 24.3 Å². The molecule has 4 rings (SSSR count). The molecule has 0 amide bonds. The maximum Gasteiger partial charge on any atom is 0.115 e. The normalized spacial score (nSPS) is 20.6. The van der Waals surface area contributed by atoms with Gasteiger partial charge in [0, 0.05) is 12.5 Å². The molecule has 2 unspecified atom stereocenters. The molecule has 1 aliphatic heterocycles. The topological polar surface area (TPSA) is 41.5 Å². The number of piperidine rings is 1. The molecule has 1 fully saturated rings. The first kappa shape index (κ1) is 16.1. The summed E-state index contributed by atoms with van der Waals surface area (Å²) in [5, 5.41) is 15.5. The minimum Gasteiger partial charge on any atom is -0.508 e. The Morgan fingerprint density at radius 3 is 2.60 bits per heavy atom. The predicted molar refractivity (Wildman–Crippen MR) is 101 cm³/mol. The molecule has 2 atom stereocenters. The molecule has 0 bridgehead atoms. The first-order valence-electron chi connectivity index (χ1n) is 8.88. The van der Waals surface area contributed by atoms with Crippen LogP contribution in [0.5, 0.6) is 5.75 Å². The molecule has 0 saturated carbocycles. The third-order valence-corrected chi connectivity index (χ3v) is 5.03. The summed E-state index contributed by atoms with van der Waals surface area (Å²) in [7, 11) is 0. The molecule has 3 aromatic rings. The number of nitrogens with one attached hydrogen (secondary N) is 1. The Balaban J connectivity index is 1.48. The van der Waals surface area contributed by atoms with E-state index < -0.39 is 0 Å². The van der Waals surface area contributed by atoms with Crippen molar-refractivity contribution >= 4 is 10.8 Å². The molecule has 0 radical (unpaired) electrons. The highest BCUT2D eigenvalue weighted by molar-refractivity contribution is 5.82. The molecule has 128 valence electrons. The zero-order valence-corrected chi connectivity index (χ0v) is 14.2. The van der Waals surface area contributed by atoms with Crippen LogP contribution in [-0.2, 0) is 11.3 Å². The van der Waals surface area contributed by atoms with Crippen molar-refractivity contribution in [3.05, 3.63) is 77.9 Å².